The summed E-state index contributed by atoms with van der Waals surface area (Å²) in [5.74, 6) is 1.73. The number of hydrogen-bond donors (Lipinski definition) is 2. The fourth-order valence-electron chi connectivity index (χ4n) is 3.03. The second-order valence-corrected chi connectivity index (χ2v) is 6.01. The molecule has 1 aliphatic heterocycles. The van der Waals surface area contributed by atoms with Crippen molar-refractivity contribution >= 4 is 16.9 Å². The van der Waals surface area contributed by atoms with Gasteiger partial charge in [-0.3, -0.25) is 4.79 Å². The molecule has 0 fully saturated rings. The highest BCUT2D eigenvalue weighted by molar-refractivity contribution is 5.82. The third-order valence-electron chi connectivity index (χ3n) is 4.27. The molecule has 0 aliphatic carbocycles. The van der Waals surface area contributed by atoms with Gasteiger partial charge in [0.2, 0.25) is 0 Å². The molecule has 122 valence electrons. The van der Waals surface area contributed by atoms with E-state index in [-0.39, 0.29) is 5.91 Å². The lowest BCUT2D eigenvalue weighted by Crippen LogP contribution is -2.38. The van der Waals surface area contributed by atoms with Gasteiger partial charge < -0.3 is 15.0 Å². The molecule has 1 amide bonds. The Labute approximate surface area is 140 Å². The Kier molecular flexibility index (Phi) is 3.91. The van der Waals surface area contributed by atoms with Crippen molar-refractivity contribution in [1.82, 2.24) is 15.3 Å². The average molecular weight is 321 g/mol. The molecule has 2 N–H and O–H groups in total. The number of hydrogen-bond acceptors (Lipinski definition) is 3. The molecule has 1 aromatic heterocycles. The molecule has 2 aromatic carbocycles. The van der Waals surface area contributed by atoms with Gasteiger partial charge in [0.05, 0.1) is 11.0 Å². The lowest BCUT2D eigenvalue weighted by Gasteiger charge is -2.10. The van der Waals surface area contributed by atoms with E-state index < -0.39 is 6.10 Å². The zero-order valence-electron chi connectivity index (χ0n) is 13.3. The van der Waals surface area contributed by atoms with Crippen LogP contribution in [0.1, 0.15) is 17.8 Å². The first-order valence-electron chi connectivity index (χ1n) is 8.25. The Balaban J connectivity index is 1.25. The number of ether oxygens (including phenoxy) is 1. The molecule has 5 nitrogen and oxygen atoms in total. The van der Waals surface area contributed by atoms with Crippen LogP contribution >= 0.6 is 0 Å². The Hall–Kier alpha value is -2.82. The number of rotatable bonds is 5. The smallest absolute Gasteiger partial charge is 0.261 e. The van der Waals surface area contributed by atoms with Crippen LogP contribution in [-0.2, 0) is 17.6 Å². The Morgan fingerprint density at radius 2 is 2.04 bits per heavy atom. The number of nitrogens with one attached hydrogen (secondary N) is 2. The first kappa shape index (κ1) is 14.8. The average Bonchev–Trinajstić information content (AvgIpc) is 3.21. The largest absolute Gasteiger partial charge is 0.480 e. The van der Waals surface area contributed by atoms with Crippen LogP contribution in [0.2, 0.25) is 0 Å². The first-order chi connectivity index (χ1) is 11.8. The molecule has 3 aromatic rings. The molecular weight excluding hydrogens is 302 g/mol. The van der Waals surface area contributed by atoms with E-state index in [2.05, 4.69) is 15.3 Å². The molecule has 4 rings (SSSR count). The summed E-state index contributed by atoms with van der Waals surface area (Å²) in [6.07, 6.45) is 1.88. The minimum atomic E-state index is -0.409. The maximum absolute atomic E-state index is 12.2. The van der Waals surface area contributed by atoms with E-state index in [1.54, 1.807) is 0 Å². The van der Waals surface area contributed by atoms with Gasteiger partial charge in [0.25, 0.3) is 5.91 Å². The summed E-state index contributed by atoms with van der Waals surface area (Å²) in [5.41, 5.74) is 3.13. The van der Waals surface area contributed by atoms with E-state index >= 15 is 0 Å². The van der Waals surface area contributed by atoms with Crippen LogP contribution in [0.5, 0.6) is 5.75 Å². The lowest BCUT2D eigenvalue weighted by molar-refractivity contribution is -0.127. The molecule has 0 bridgehead atoms. The highest BCUT2D eigenvalue weighted by Crippen LogP contribution is 2.28. The third-order valence-corrected chi connectivity index (χ3v) is 4.27. The Morgan fingerprint density at radius 3 is 2.92 bits per heavy atom. The van der Waals surface area contributed by atoms with Crippen molar-refractivity contribution in [3.05, 3.63) is 59.9 Å². The highest BCUT2D eigenvalue weighted by atomic mass is 16.5. The predicted octanol–water partition coefficient (Wildman–Crippen LogP) is 2.62. The molecule has 24 heavy (non-hydrogen) atoms. The van der Waals surface area contributed by atoms with Gasteiger partial charge in [-0.25, -0.2) is 4.98 Å². The Bertz CT molecular complexity index is 814. The second-order valence-electron chi connectivity index (χ2n) is 6.01. The van der Waals surface area contributed by atoms with Gasteiger partial charge in [0.15, 0.2) is 6.10 Å². The SMILES string of the molecule is O=C(NCCCc1nc2ccccc2[nH]1)C1Cc2ccccc2O1. The van der Waals surface area contributed by atoms with Gasteiger partial charge in [-0.2, -0.15) is 0 Å². The summed E-state index contributed by atoms with van der Waals surface area (Å²) >= 11 is 0. The van der Waals surface area contributed by atoms with Crippen LogP contribution in [0.15, 0.2) is 48.5 Å². The van der Waals surface area contributed by atoms with E-state index in [1.807, 2.05) is 48.5 Å². The van der Waals surface area contributed by atoms with Crippen molar-refractivity contribution in [2.24, 2.45) is 0 Å². The van der Waals surface area contributed by atoms with Crippen molar-refractivity contribution in [2.45, 2.75) is 25.4 Å². The number of benzene rings is 2. The lowest BCUT2D eigenvalue weighted by atomic mass is 10.1. The van der Waals surface area contributed by atoms with Gasteiger partial charge in [-0.15, -0.1) is 0 Å². The summed E-state index contributed by atoms with van der Waals surface area (Å²) in [7, 11) is 0. The van der Waals surface area contributed by atoms with Crippen molar-refractivity contribution in [3.8, 4) is 5.75 Å². The van der Waals surface area contributed by atoms with Gasteiger partial charge in [-0.1, -0.05) is 30.3 Å². The maximum atomic E-state index is 12.2. The van der Waals surface area contributed by atoms with E-state index in [4.69, 9.17) is 4.74 Å². The quantitative estimate of drug-likeness (QED) is 0.710. The Morgan fingerprint density at radius 1 is 1.21 bits per heavy atom. The number of carbonyl (C=O) groups excluding carboxylic acids is 1. The number of aryl methyl sites for hydroxylation is 1. The standard InChI is InChI=1S/C19H19N3O2/c23-19(17-12-13-6-1-4-9-16(13)24-17)20-11-5-10-18-21-14-7-2-3-8-15(14)22-18/h1-4,6-9,17H,5,10-12H2,(H,20,23)(H,21,22). The number of para-hydroxylation sites is 3. The third kappa shape index (κ3) is 2.97. The number of carbonyl (C=O) groups is 1. The van der Waals surface area contributed by atoms with E-state index in [0.717, 1.165) is 41.0 Å². The second kappa shape index (κ2) is 6.35. The topological polar surface area (TPSA) is 67.0 Å². The number of aromatic amines is 1. The molecule has 1 atom stereocenters. The molecule has 0 saturated heterocycles. The van der Waals surface area contributed by atoms with Crippen LogP contribution in [0.3, 0.4) is 0 Å². The van der Waals surface area contributed by atoms with Crippen LogP contribution in [0.25, 0.3) is 11.0 Å². The molecule has 0 spiro atoms. The van der Waals surface area contributed by atoms with Gasteiger partial charge >= 0.3 is 0 Å². The van der Waals surface area contributed by atoms with E-state index in [1.165, 1.54) is 0 Å². The van der Waals surface area contributed by atoms with Gasteiger partial charge in [-0.05, 0) is 30.2 Å². The summed E-state index contributed by atoms with van der Waals surface area (Å²) in [4.78, 5) is 20.0. The van der Waals surface area contributed by atoms with Crippen LogP contribution < -0.4 is 10.1 Å². The number of H-pyrrole nitrogens is 1. The van der Waals surface area contributed by atoms with Crippen LogP contribution in [0.4, 0.5) is 0 Å². The number of imidazole rings is 1. The van der Waals surface area contributed by atoms with Crippen molar-refractivity contribution in [3.63, 3.8) is 0 Å². The molecule has 1 aliphatic rings. The van der Waals surface area contributed by atoms with Crippen LogP contribution in [-0.4, -0.2) is 28.5 Å². The number of fused-ring (bicyclic) bond motifs is 2. The van der Waals surface area contributed by atoms with Crippen LogP contribution in [0, 0.1) is 0 Å². The summed E-state index contributed by atoms with van der Waals surface area (Å²) in [6, 6.07) is 15.8. The fraction of sp³-hybridized carbons (Fsp3) is 0.263. The highest BCUT2D eigenvalue weighted by Gasteiger charge is 2.28. The molecule has 0 radical (unpaired) electrons. The summed E-state index contributed by atoms with van der Waals surface area (Å²) < 4.78 is 5.69. The minimum Gasteiger partial charge on any atom is -0.480 e. The minimum absolute atomic E-state index is 0.0455. The molecule has 1 unspecified atom stereocenters. The number of aromatic nitrogens is 2. The fourth-order valence-corrected chi connectivity index (χ4v) is 3.03. The first-order valence-corrected chi connectivity index (χ1v) is 8.25. The van der Waals surface area contributed by atoms with E-state index in [0.29, 0.717) is 13.0 Å². The van der Waals surface area contributed by atoms with E-state index in [9.17, 15) is 4.79 Å². The molecule has 2 heterocycles. The van der Waals surface area contributed by atoms with Gasteiger partial charge in [0.1, 0.15) is 11.6 Å². The predicted molar refractivity (Wildman–Crippen MR) is 92.0 cm³/mol. The zero-order valence-corrected chi connectivity index (χ0v) is 13.3. The van der Waals surface area contributed by atoms with Crippen molar-refractivity contribution < 1.29 is 9.53 Å². The van der Waals surface area contributed by atoms with Crippen molar-refractivity contribution in [2.75, 3.05) is 6.54 Å². The number of nitrogens with zero attached hydrogens (tertiary/aromatic N) is 1. The van der Waals surface area contributed by atoms with Crippen molar-refractivity contribution in [1.29, 1.82) is 0 Å². The maximum Gasteiger partial charge on any atom is 0.261 e. The molecule has 0 saturated carbocycles. The molecule has 5 heteroatoms. The summed E-state index contributed by atoms with van der Waals surface area (Å²) in [5, 5.41) is 2.96. The molecular formula is C19H19N3O2. The summed E-state index contributed by atoms with van der Waals surface area (Å²) in [6.45, 7) is 0.617. The number of amides is 1. The zero-order chi connectivity index (χ0) is 16.4. The normalized spacial score (nSPS) is 15.9. The van der Waals surface area contributed by atoms with Gasteiger partial charge in [0, 0.05) is 19.4 Å². The monoisotopic (exact) mass is 321 g/mol.